The number of hydrogen-bond acceptors (Lipinski definition) is 1. The van der Waals surface area contributed by atoms with Crippen molar-refractivity contribution in [1.82, 2.24) is 0 Å². The number of rotatable bonds is 5. The van der Waals surface area contributed by atoms with Crippen molar-refractivity contribution in [3.05, 3.63) is 90.0 Å². The van der Waals surface area contributed by atoms with E-state index in [2.05, 4.69) is 111 Å². The lowest BCUT2D eigenvalue weighted by Gasteiger charge is -2.27. The van der Waals surface area contributed by atoms with Crippen LogP contribution in [0.4, 0.5) is 17.1 Å². The molecule has 0 bridgehead atoms. The number of anilines is 3. The van der Waals surface area contributed by atoms with Crippen LogP contribution in [0.3, 0.4) is 0 Å². The van der Waals surface area contributed by atoms with Crippen molar-refractivity contribution in [2.75, 3.05) is 4.90 Å². The summed E-state index contributed by atoms with van der Waals surface area (Å²) >= 11 is 0. The molecular formula is C24H27N. The highest BCUT2D eigenvalue weighted by molar-refractivity contribution is 5.77. The van der Waals surface area contributed by atoms with Crippen LogP contribution >= 0.6 is 0 Å². The Kier molecular flexibility index (Phi) is 5.23. The quantitative estimate of drug-likeness (QED) is 0.471. The van der Waals surface area contributed by atoms with Crippen LogP contribution in [0.25, 0.3) is 0 Å². The van der Waals surface area contributed by atoms with Gasteiger partial charge in [0.15, 0.2) is 0 Å². The molecule has 0 spiro atoms. The van der Waals surface area contributed by atoms with Crippen LogP contribution in [0.1, 0.15) is 50.7 Å². The van der Waals surface area contributed by atoms with E-state index < -0.39 is 0 Å². The van der Waals surface area contributed by atoms with Crippen molar-refractivity contribution in [2.45, 2.75) is 39.5 Å². The molecule has 0 aromatic heterocycles. The summed E-state index contributed by atoms with van der Waals surface area (Å²) in [5, 5.41) is 0. The van der Waals surface area contributed by atoms with Gasteiger partial charge >= 0.3 is 0 Å². The van der Waals surface area contributed by atoms with Gasteiger partial charge in [0, 0.05) is 17.1 Å². The fourth-order valence-corrected chi connectivity index (χ4v) is 3.33. The van der Waals surface area contributed by atoms with Crippen molar-refractivity contribution in [2.24, 2.45) is 0 Å². The SMILES string of the molecule is CC(C)c1ccc(N(c2ccccc2)c2ccccc2)cc1C(C)C. The maximum atomic E-state index is 2.36. The molecule has 3 rings (SSSR count). The van der Waals surface area contributed by atoms with Crippen LogP contribution in [0, 0.1) is 0 Å². The van der Waals surface area contributed by atoms with Gasteiger partial charge < -0.3 is 4.90 Å². The highest BCUT2D eigenvalue weighted by atomic mass is 15.1. The molecule has 0 atom stereocenters. The molecule has 0 radical (unpaired) electrons. The van der Waals surface area contributed by atoms with Gasteiger partial charge in [-0.1, -0.05) is 70.2 Å². The van der Waals surface area contributed by atoms with Gasteiger partial charge in [-0.05, 0) is 59.4 Å². The molecule has 0 aliphatic carbocycles. The Labute approximate surface area is 151 Å². The molecular weight excluding hydrogens is 302 g/mol. The molecule has 0 saturated carbocycles. The number of para-hydroxylation sites is 2. The number of hydrogen-bond donors (Lipinski definition) is 0. The van der Waals surface area contributed by atoms with E-state index in [1.807, 2.05) is 0 Å². The summed E-state index contributed by atoms with van der Waals surface area (Å²) in [6.45, 7) is 9.10. The molecule has 0 unspecified atom stereocenters. The zero-order chi connectivity index (χ0) is 17.8. The molecule has 25 heavy (non-hydrogen) atoms. The average Bonchev–Trinajstić information content (AvgIpc) is 2.63. The largest absolute Gasteiger partial charge is 0.310 e. The van der Waals surface area contributed by atoms with Gasteiger partial charge in [0.25, 0.3) is 0 Å². The normalized spacial score (nSPS) is 11.1. The van der Waals surface area contributed by atoms with Crippen LogP contribution in [0.5, 0.6) is 0 Å². The van der Waals surface area contributed by atoms with Crippen LogP contribution in [-0.4, -0.2) is 0 Å². The van der Waals surface area contributed by atoms with Gasteiger partial charge in [0.1, 0.15) is 0 Å². The Morgan fingerprint density at radius 2 is 1.00 bits per heavy atom. The minimum atomic E-state index is 0.505. The van der Waals surface area contributed by atoms with E-state index in [-0.39, 0.29) is 0 Å². The van der Waals surface area contributed by atoms with Gasteiger partial charge in [-0.15, -0.1) is 0 Å². The Morgan fingerprint density at radius 3 is 1.44 bits per heavy atom. The molecule has 128 valence electrons. The predicted octanol–water partition coefficient (Wildman–Crippen LogP) is 7.40. The van der Waals surface area contributed by atoms with Crippen LogP contribution < -0.4 is 4.90 Å². The molecule has 0 heterocycles. The number of benzene rings is 3. The van der Waals surface area contributed by atoms with Crippen molar-refractivity contribution in [3.8, 4) is 0 Å². The maximum absolute atomic E-state index is 2.36. The van der Waals surface area contributed by atoms with Crippen molar-refractivity contribution in [1.29, 1.82) is 0 Å². The first-order chi connectivity index (χ1) is 12.1. The second-order valence-corrected chi connectivity index (χ2v) is 7.13. The van der Waals surface area contributed by atoms with E-state index in [0.29, 0.717) is 11.8 Å². The predicted molar refractivity (Wildman–Crippen MR) is 109 cm³/mol. The van der Waals surface area contributed by atoms with Crippen molar-refractivity contribution < 1.29 is 0 Å². The molecule has 1 heteroatoms. The summed E-state index contributed by atoms with van der Waals surface area (Å²) < 4.78 is 0. The molecule has 3 aromatic rings. The highest BCUT2D eigenvalue weighted by Crippen LogP contribution is 2.37. The summed E-state index contributed by atoms with van der Waals surface area (Å²) in [6.07, 6.45) is 0. The van der Waals surface area contributed by atoms with E-state index in [1.165, 1.54) is 28.2 Å². The lowest BCUT2D eigenvalue weighted by atomic mass is 9.90. The van der Waals surface area contributed by atoms with Gasteiger partial charge in [-0.25, -0.2) is 0 Å². The minimum absolute atomic E-state index is 0.505. The van der Waals surface area contributed by atoms with E-state index in [9.17, 15) is 0 Å². The van der Waals surface area contributed by atoms with Crippen LogP contribution in [0.15, 0.2) is 78.9 Å². The summed E-state index contributed by atoms with van der Waals surface area (Å²) in [5.41, 5.74) is 6.45. The lowest BCUT2D eigenvalue weighted by molar-refractivity contribution is 0.790. The molecule has 0 aliphatic heterocycles. The zero-order valence-corrected chi connectivity index (χ0v) is 15.6. The summed E-state index contributed by atoms with van der Waals surface area (Å²) in [5.74, 6) is 1.04. The van der Waals surface area contributed by atoms with Gasteiger partial charge in [-0.2, -0.15) is 0 Å². The highest BCUT2D eigenvalue weighted by Gasteiger charge is 2.16. The van der Waals surface area contributed by atoms with Gasteiger partial charge in [-0.3, -0.25) is 0 Å². The van der Waals surface area contributed by atoms with E-state index >= 15 is 0 Å². The van der Waals surface area contributed by atoms with Crippen LogP contribution in [0.2, 0.25) is 0 Å². The first kappa shape index (κ1) is 17.3. The molecule has 0 fully saturated rings. The first-order valence-corrected chi connectivity index (χ1v) is 9.12. The topological polar surface area (TPSA) is 3.24 Å². The Balaban J connectivity index is 2.16. The second kappa shape index (κ2) is 7.57. The number of nitrogens with zero attached hydrogens (tertiary/aromatic N) is 1. The molecule has 0 saturated heterocycles. The summed E-state index contributed by atoms with van der Waals surface area (Å²) in [7, 11) is 0. The third kappa shape index (κ3) is 3.76. The van der Waals surface area contributed by atoms with Gasteiger partial charge in [0.05, 0.1) is 0 Å². The smallest absolute Gasteiger partial charge is 0.0464 e. The zero-order valence-electron chi connectivity index (χ0n) is 15.6. The fraction of sp³-hybridized carbons (Fsp3) is 0.250. The molecule has 1 nitrogen and oxygen atoms in total. The monoisotopic (exact) mass is 329 g/mol. The second-order valence-electron chi connectivity index (χ2n) is 7.13. The maximum Gasteiger partial charge on any atom is 0.0464 e. The van der Waals surface area contributed by atoms with Crippen molar-refractivity contribution in [3.63, 3.8) is 0 Å². The third-order valence-electron chi connectivity index (χ3n) is 4.60. The Bertz CT molecular complexity index is 765. The van der Waals surface area contributed by atoms with E-state index in [0.717, 1.165) is 0 Å². The van der Waals surface area contributed by atoms with E-state index in [4.69, 9.17) is 0 Å². The fourth-order valence-electron chi connectivity index (χ4n) is 3.33. The minimum Gasteiger partial charge on any atom is -0.310 e. The molecule has 0 amide bonds. The van der Waals surface area contributed by atoms with Crippen LogP contribution in [-0.2, 0) is 0 Å². The molecule has 0 N–H and O–H groups in total. The van der Waals surface area contributed by atoms with Gasteiger partial charge in [0.2, 0.25) is 0 Å². The standard InChI is InChI=1S/C24H27N/c1-18(2)23-16-15-22(17-24(23)19(3)4)25(20-11-7-5-8-12-20)21-13-9-6-10-14-21/h5-19H,1-4H3. The average molecular weight is 329 g/mol. The Morgan fingerprint density at radius 1 is 0.520 bits per heavy atom. The first-order valence-electron chi connectivity index (χ1n) is 9.12. The third-order valence-corrected chi connectivity index (χ3v) is 4.60. The lowest BCUT2D eigenvalue weighted by Crippen LogP contribution is -2.11. The van der Waals surface area contributed by atoms with Crippen molar-refractivity contribution >= 4 is 17.1 Å². The molecule has 0 aliphatic rings. The summed E-state index contributed by atoms with van der Waals surface area (Å²) in [4.78, 5) is 2.33. The van der Waals surface area contributed by atoms with E-state index in [1.54, 1.807) is 0 Å². The molecule has 3 aromatic carbocycles. The Hall–Kier alpha value is -2.54. The summed E-state index contributed by atoms with van der Waals surface area (Å²) in [6, 6.07) is 28.1.